The van der Waals surface area contributed by atoms with Gasteiger partial charge in [-0.25, -0.2) is 0 Å². The molecule has 0 aromatic rings. The Morgan fingerprint density at radius 2 is 1.84 bits per heavy atom. The minimum absolute atomic E-state index is 0.129. The second-order valence-electron chi connectivity index (χ2n) is 10.9. The molecular weight excluding hydrogens is 428 g/mol. The van der Waals surface area contributed by atoms with Crippen molar-refractivity contribution in [2.75, 3.05) is 13.2 Å². The average Bonchev–Trinajstić information content (AvgIpc) is 3.11. The third kappa shape index (κ3) is 5.82. The van der Waals surface area contributed by atoms with Crippen LogP contribution in [0.5, 0.6) is 0 Å². The van der Waals surface area contributed by atoms with Crippen LogP contribution in [0.25, 0.3) is 0 Å². The molecule has 3 aliphatic heterocycles. The maximum atomic E-state index is 13.3. The molecule has 0 unspecified atom stereocenters. The molecule has 0 N–H and O–H groups in total. The van der Waals surface area contributed by atoms with Gasteiger partial charge in [-0.1, -0.05) is 31.8 Å². The lowest BCUT2D eigenvalue weighted by Gasteiger charge is -2.43. The molecule has 0 aliphatic carbocycles. The summed E-state index contributed by atoms with van der Waals surface area (Å²) in [5.74, 6) is -0.572. The van der Waals surface area contributed by atoms with Crippen molar-refractivity contribution >= 4 is 14.0 Å². The first-order chi connectivity index (χ1) is 14.6. The second kappa shape index (κ2) is 8.86. The van der Waals surface area contributed by atoms with Gasteiger partial charge in [-0.2, -0.15) is 0 Å². The molecule has 5 atom stereocenters. The van der Waals surface area contributed by atoms with Gasteiger partial charge in [-0.05, 0) is 41.0 Å². The summed E-state index contributed by atoms with van der Waals surface area (Å²) in [6.45, 7) is 20.1. The summed E-state index contributed by atoms with van der Waals surface area (Å²) in [5.41, 5.74) is 4.07. The Labute approximate surface area is 193 Å². The molecule has 0 amide bonds. The van der Waals surface area contributed by atoms with Crippen molar-refractivity contribution in [2.24, 2.45) is 5.92 Å². The van der Waals surface area contributed by atoms with Crippen LogP contribution in [-0.4, -0.2) is 62.9 Å². The Bertz CT molecular complexity index is 801. The van der Waals surface area contributed by atoms with Gasteiger partial charge in [0.25, 0.3) is 0 Å². The van der Waals surface area contributed by atoms with E-state index in [4.69, 9.17) is 28.4 Å². The predicted molar refractivity (Wildman–Crippen MR) is 122 cm³/mol. The van der Waals surface area contributed by atoms with E-state index in [2.05, 4.69) is 37.7 Å². The van der Waals surface area contributed by atoms with Gasteiger partial charge in [0.1, 0.15) is 26.9 Å². The first-order valence-electron chi connectivity index (χ1n) is 11.3. The van der Waals surface area contributed by atoms with Gasteiger partial charge in [0.05, 0.1) is 12.5 Å². The van der Waals surface area contributed by atoms with E-state index in [9.17, 15) is 4.79 Å². The molecule has 1 spiro atoms. The summed E-state index contributed by atoms with van der Waals surface area (Å²) >= 11 is 0. The van der Waals surface area contributed by atoms with Gasteiger partial charge in [0.2, 0.25) is 5.79 Å². The average molecular weight is 467 g/mol. The molecule has 7 nitrogen and oxygen atoms in total. The normalized spacial score (nSPS) is 33.8. The summed E-state index contributed by atoms with van der Waals surface area (Å²) in [4.78, 5) is 13.3. The Morgan fingerprint density at radius 3 is 2.41 bits per heavy atom. The molecule has 8 heteroatoms. The first kappa shape index (κ1) is 25.4. The largest absolute Gasteiger partial charge is 0.453 e. The molecule has 180 valence electrons. The Hall–Kier alpha value is -1.21. The fourth-order valence-corrected chi connectivity index (χ4v) is 4.89. The quantitative estimate of drug-likeness (QED) is 0.264. The highest BCUT2D eigenvalue weighted by Gasteiger charge is 2.64. The molecule has 0 radical (unpaired) electrons. The number of carbonyl (C=O) groups is 1. The number of ether oxygens (including phenoxy) is 6. The van der Waals surface area contributed by atoms with Crippen molar-refractivity contribution in [1.29, 1.82) is 0 Å². The van der Waals surface area contributed by atoms with Crippen molar-refractivity contribution in [3.05, 3.63) is 12.2 Å². The zero-order valence-electron chi connectivity index (χ0n) is 20.7. The number of rotatable bonds is 5. The summed E-state index contributed by atoms with van der Waals surface area (Å²) < 4.78 is 36.2. The minimum Gasteiger partial charge on any atom is -0.453 e. The van der Waals surface area contributed by atoms with Crippen LogP contribution in [0.15, 0.2) is 12.2 Å². The first-order valence-corrected chi connectivity index (χ1v) is 14.8. The molecular formula is C24H38O7Si. The zero-order chi connectivity index (χ0) is 23.9. The summed E-state index contributed by atoms with van der Waals surface area (Å²) in [6.07, 6.45) is -0.586. The van der Waals surface area contributed by atoms with Gasteiger partial charge in [0.15, 0.2) is 17.7 Å². The Balaban J connectivity index is 1.80. The number of carbonyl (C=O) groups excluding carboxylic acids is 1. The lowest BCUT2D eigenvalue weighted by atomic mass is 9.94. The second-order valence-corrected chi connectivity index (χ2v) is 15.6. The van der Waals surface area contributed by atoms with E-state index in [0.717, 1.165) is 5.57 Å². The van der Waals surface area contributed by atoms with Crippen molar-refractivity contribution in [2.45, 2.75) is 103 Å². The summed E-state index contributed by atoms with van der Waals surface area (Å²) in [5, 5.41) is 0. The van der Waals surface area contributed by atoms with E-state index >= 15 is 0 Å². The fraction of sp³-hybridized carbons (Fsp3) is 0.792. The van der Waals surface area contributed by atoms with Crippen LogP contribution in [0.2, 0.25) is 19.6 Å². The standard InChI is InChI=1S/C24H38O7Si/c1-16(2)17(12-10-11-13-32(7,8)9)21(25)28-20-19-18(29-23(5,6)30-19)14-26-24(20)15-27-22(3,4)31-24/h17-20H,1,10,12,14-15H2,2-9H3/t17-,18-,19-,20+,24+/m1/s1. The van der Waals surface area contributed by atoms with Crippen LogP contribution >= 0.6 is 0 Å². The molecule has 32 heavy (non-hydrogen) atoms. The van der Waals surface area contributed by atoms with E-state index in [-0.39, 0.29) is 25.3 Å². The van der Waals surface area contributed by atoms with Crippen molar-refractivity contribution in [3.8, 4) is 11.5 Å². The van der Waals surface area contributed by atoms with Gasteiger partial charge in [-0.3, -0.25) is 4.79 Å². The lowest BCUT2D eigenvalue weighted by Crippen LogP contribution is -2.63. The van der Waals surface area contributed by atoms with Gasteiger partial charge < -0.3 is 28.4 Å². The molecule has 3 fully saturated rings. The molecule has 3 heterocycles. The highest BCUT2D eigenvalue weighted by atomic mass is 28.3. The number of hydrogen-bond donors (Lipinski definition) is 0. The predicted octanol–water partition coefficient (Wildman–Crippen LogP) is 3.78. The lowest BCUT2D eigenvalue weighted by molar-refractivity contribution is -0.329. The number of fused-ring (bicyclic) bond motifs is 1. The van der Waals surface area contributed by atoms with Crippen LogP contribution < -0.4 is 0 Å². The molecule has 3 rings (SSSR count). The fourth-order valence-electron chi connectivity index (χ4n) is 4.24. The SMILES string of the molecule is C=C(C)[C@@H](CCC#C[Si](C)(C)C)C(=O)O[C@H]1[C@@H]2OC(C)(C)O[C@@H]2CO[C@]12COC(C)(C)O2. The van der Waals surface area contributed by atoms with Crippen LogP contribution in [0.3, 0.4) is 0 Å². The van der Waals surface area contributed by atoms with E-state index in [1.807, 2.05) is 20.8 Å². The Morgan fingerprint density at radius 1 is 1.16 bits per heavy atom. The van der Waals surface area contributed by atoms with E-state index in [1.54, 1.807) is 13.8 Å². The zero-order valence-corrected chi connectivity index (χ0v) is 21.7. The smallest absolute Gasteiger partial charge is 0.313 e. The number of esters is 1. The van der Waals surface area contributed by atoms with Crippen LogP contribution in [-0.2, 0) is 33.2 Å². The van der Waals surface area contributed by atoms with Gasteiger partial charge in [-0.15, -0.1) is 11.5 Å². The van der Waals surface area contributed by atoms with Gasteiger partial charge >= 0.3 is 5.97 Å². The molecule has 0 bridgehead atoms. The van der Waals surface area contributed by atoms with E-state index < -0.39 is 43.6 Å². The highest BCUT2D eigenvalue weighted by molar-refractivity contribution is 6.83. The van der Waals surface area contributed by atoms with Crippen molar-refractivity contribution < 1.29 is 33.2 Å². The van der Waals surface area contributed by atoms with E-state index in [1.165, 1.54) is 0 Å². The molecule has 0 aromatic carbocycles. The molecule has 0 saturated carbocycles. The summed E-state index contributed by atoms with van der Waals surface area (Å²) in [6, 6.07) is 0. The highest BCUT2D eigenvalue weighted by Crippen LogP contribution is 2.45. The van der Waals surface area contributed by atoms with Gasteiger partial charge in [0, 0.05) is 6.42 Å². The van der Waals surface area contributed by atoms with Crippen LogP contribution in [0, 0.1) is 17.4 Å². The third-order valence-corrected chi connectivity index (χ3v) is 6.56. The monoisotopic (exact) mass is 466 g/mol. The van der Waals surface area contributed by atoms with Crippen LogP contribution in [0.1, 0.15) is 47.5 Å². The van der Waals surface area contributed by atoms with E-state index in [0.29, 0.717) is 12.8 Å². The maximum Gasteiger partial charge on any atom is 0.313 e. The molecule has 3 aliphatic rings. The topological polar surface area (TPSA) is 72.5 Å². The van der Waals surface area contributed by atoms with Crippen LogP contribution in [0.4, 0.5) is 0 Å². The minimum atomic E-state index is -1.46. The number of hydrogen-bond acceptors (Lipinski definition) is 7. The third-order valence-electron chi connectivity index (χ3n) is 5.63. The van der Waals surface area contributed by atoms with Crippen molar-refractivity contribution in [3.63, 3.8) is 0 Å². The summed E-state index contributed by atoms with van der Waals surface area (Å²) in [7, 11) is -1.46. The maximum absolute atomic E-state index is 13.3. The van der Waals surface area contributed by atoms with Crippen molar-refractivity contribution in [1.82, 2.24) is 0 Å². The molecule has 0 aromatic heterocycles. The Kier molecular flexibility index (Phi) is 7.03. The molecule has 3 saturated heterocycles.